The molecule has 88 valence electrons. The number of nitrogens with one attached hydrogen (secondary N) is 3. The van der Waals surface area contributed by atoms with Crippen LogP contribution in [0, 0.1) is 11.3 Å². The molecule has 1 heterocycles. The van der Waals surface area contributed by atoms with E-state index in [1.54, 1.807) is 18.2 Å². The number of rotatable bonds is 2. The van der Waals surface area contributed by atoms with Gasteiger partial charge in [0.15, 0.2) is 5.11 Å². The van der Waals surface area contributed by atoms with E-state index >= 15 is 0 Å². The highest BCUT2D eigenvalue weighted by atomic mass is 35.5. The van der Waals surface area contributed by atoms with Gasteiger partial charge >= 0.3 is 0 Å². The van der Waals surface area contributed by atoms with Crippen molar-refractivity contribution in [1.82, 2.24) is 15.8 Å². The van der Waals surface area contributed by atoms with Crippen molar-refractivity contribution in [2.45, 2.75) is 6.42 Å². The average Bonchev–Trinajstić information content (AvgIpc) is 2.30. The van der Waals surface area contributed by atoms with Crippen LogP contribution < -0.4 is 16.2 Å². The number of hydrogen-bond acceptors (Lipinski definition) is 4. The molecule has 17 heavy (non-hydrogen) atoms. The van der Waals surface area contributed by atoms with E-state index in [1.807, 2.05) is 0 Å². The SMILES string of the molecule is N#CCC(=O)NNC(=S)Nc1ccc(Cl)nc1. The van der Waals surface area contributed by atoms with Crippen molar-refractivity contribution in [2.75, 3.05) is 5.32 Å². The maximum Gasteiger partial charge on any atom is 0.252 e. The van der Waals surface area contributed by atoms with Crippen molar-refractivity contribution >= 4 is 40.5 Å². The minimum atomic E-state index is -0.467. The first-order valence-electron chi connectivity index (χ1n) is 4.46. The first-order chi connectivity index (χ1) is 8.11. The molecule has 1 aromatic rings. The number of nitriles is 1. The summed E-state index contributed by atoms with van der Waals surface area (Å²) in [4.78, 5) is 14.8. The molecular formula is C9H8ClN5OS. The van der Waals surface area contributed by atoms with Crippen molar-refractivity contribution in [3.63, 3.8) is 0 Å². The van der Waals surface area contributed by atoms with Crippen LogP contribution in [-0.4, -0.2) is 16.0 Å². The molecule has 1 aromatic heterocycles. The van der Waals surface area contributed by atoms with Gasteiger partial charge in [-0.05, 0) is 24.4 Å². The number of carbonyl (C=O) groups is 1. The van der Waals surface area contributed by atoms with Crippen LogP contribution in [0.15, 0.2) is 18.3 Å². The molecule has 0 radical (unpaired) electrons. The molecule has 0 saturated heterocycles. The lowest BCUT2D eigenvalue weighted by atomic mass is 10.4. The van der Waals surface area contributed by atoms with Gasteiger partial charge in [0, 0.05) is 0 Å². The molecular weight excluding hydrogens is 262 g/mol. The number of hydrogen-bond donors (Lipinski definition) is 3. The molecule has 0 fully saturated rings. The highest BCUT2D eigenvalue weighted by molar-refractivity contribution is 7.80. The van der Waals surface area contributed by atoms with E-state index in [0.29, 0.717) is 10.8 Å². The third kappa shape index (κ3) is 5.10. The van der Waals surface area contributed by atoms with E-state index < -0.39 is 5.91 Å². The minimum Gasteiger partial charge on any atom is -0.330 e. The first kappa shape index (κ1) is 13.2. The number of thiocarbonyl (C=S) groups is 1. The van der Waals surface area contributed by atoms with Gasteiger partial charge in [-0.1, -0.05) is 11.6 Å². The van der Waals surface area contributed by atoms with Crippen LogP contribution in [0.2, 0.25) is 5.15 Å². The normalized spacial score (nSPS) is 8.94. The molecule has 0 aromatic carbocycles. The van der Waals surface area contributed by atoms with Gasteiger partial charge in [-0.2, -0.15) is 5.26 Å². The Morgan fingerprint density at radius 3 is 2.88 bits per heavy atom. The molecule has 0 bridgehead atoms. The smallest absolute Gasteiger partial charge is 0.252 e. The second kappa shape index (κ2) is 6.62. The van der Waals surface area contributed by atoms with Crippen LogP contribution in [0.3, 0.4) is 0 Å². The van der Waals surface area contributed by atoms with Gasteiger partial charge in [0.25, 0.3) is 5.91 Å². The second-order valence-electron chi connectivity index (χ2n) is 2.83. The van der Waals surface area contributed by atoms with E-state index in [-0.39, 0.29) is 11.5 Å². The zero-order valence-corrected chi connectivity index (χ0v) is 10.1. The van der Waals surface area contributed by atoms with Gasteiger partial charge in [0.1, 0.15) is 11.6 Å². The molecule has 1 amide bonds. The molecule has 0 unspecified atom stereocenters. The molecule has 0 saturated carbocycles. The minimum absolute atomic E-state index is 0.181. The van der Waals surface area contributed by atoms with Crippen LogP contribution in [0.5, 0.6) is 0 Å². The summed E-state index contributed by atoms with van der Waals surface area (Å²) >= 11 is 10.5. The molecule has 0 aliphatic heterocycles. The highest BCUT2D eigenvalue weighted by Crippen LogP contribution is 2.08. The molecule has 8 heteroatoms. The third-order valence-corrected chi connectivity index (χ3v) is 1.97. The molecule has 1 rings (SSSR count). The van der Waals surface area contributed by atoms with Crippen LogP contribution in [-0.2, 0) is 4.79 Å². The summed E-state index contributed by atoms with van der Waals surface area (Å²) < 4.78 is 0. The zero-order valence-electron chi connectivity index (χ0n) is 8.53. The molecule has 3 N–H and O–H groups in total. The largest absolute Gasteiger partial charge is 0.330 e. The van der Waals surface area contributed by atoms with Gasteiger partial charge in [0.2, 0.25) is 0 Å². The fourth-order valence-corrected chi connectivity index (χ4v) is 1.14. The summed E-state index contributed by atoms with van der Waals surface area (Å²) in [5, 5.41) is 11.6. The van der Waals surface area contributed by atoms with E-state index in [2.05, 4.69) is 21.2 Å². The summed E-state index contributed by atoms with van der Waals surface area (Å²) in [6.45, 7) is 0. The lowest BCUT2D eigenvalue weighted by molar-refractivity contribution is -0.120. The number of hydrazine groups is 1. The number of nitrogens with zero attached hydrogens (tertiary/aromatic N) is 2. The Balaban J connectivity index is 2.37. The Morgan fingerprint density at radius 2 is 2.29 bits per heavy atom. The Bertz CT molecular complexity index is 455. The standard InChI is InChI=1S/C9H8ClN5OS/c10-7-2-1-6(5-12-7)13-9(17)15-14-8(16)3-4-11/h1-2,5H,3H2,(H,14,16)(H2,13,15,17). The molecule has 0 aliphatic carbocycles. The van der Waals surface area contributed by atoms with Gasteiger partial charge < -0.3 is 5.32 Å². The Morgan fingerprint density at radius 1 is 1.53 bits per heavy atom. The number of pyridine rings is 1. The Labute approximate surface area is 108 Å². The summed E-state index contributed by atoms with van der Waals surface area (Å²) in [6, 6.07) is 4.99. The van der Waals surface area contributed by atoms with Crippen LogP contribution in [0.25, 0.3) is 0 Å². The van der Waals surface area contributed by atoms with Crippen molar-refractivity contribution in [1.29, 1.82) is 5.26 Å². The fourth-order valence-electron chi connectivity index (χ4n) is 0.855. The first-order valence-corrected chi connectivity index (χ1v) is 5.25. The second-order valence-corrected chi connectivity index (χ2v) is 3.63. The van der Waals surface area contributed by atoms with Crippen LogP contribution in [0.4, 0.5) is 5.69 Å². The predicted octanol–water partition coefficient (Wildman–Crippen LogP) is 0.966. The van der Waals surface area contributed by atoms with Crippen LogP contribution in [0.1, 0.15) is 6.42 Å². The monoisotopic (exact) mass is 269 g/mol. The molecule has 6 nitrogen and oxygen atoms in total. The summed E-state index contributed by atoms with van der Waals surface area (Å²) in [5.41, 5.74) is 5.32. The molecule has 0 spiro atoms. The van der Waals surface area contributed by atoms with Crippen molar-refractivity contribution in [2.24, 2.45) is 0 Å². The summed E-state index contributed by atoms with van der Waals surface area (Å²) in [7, 11) is 0. The third-order valence-electron chi connectivity index (χ3n) is 1.54. The summed E-state index contributed by atoms with van der Waals surface area (Å²) in [5.74, 6) is -0.467. The Kier molecular flexibility index (Phi) is 5.13. The van der Waals surface area contributed by atoms with Gasteiger partial charge in [-0.3, -0.25) is 15.6 Å². The zero-order chi connectivity index (χ0) is 12.7. The number of amides is 1. The lowest BCUT2D eigenvalue weighted by Crippen LogP contribution is -2.43. The quantitative estimate of drug-likeness (QED) is 0.421. The lowest BCUT2D eigenvalue weighted by Gasteiger charge is -2.10. The van der Waals surface area contributed by atoms with Crippen molar-refractivity contribution in [3.05, 3.63) is 23.5 Å². The van der Waals surface area contributed by atoms with Crippen LogP contribution >= 0.6 is 23.8 Å². The maximum absolute atomic E-state index is 10.9. The average molecular weight is 270 g/mol. The van der Waals surface area contributed by atoms with E-state index in [9.17, 15) is 4.79 Å². The maximum atomic E-state index is 10.9. The number of aromatic nitrogens is 1. The Hall–Kier alpha value is -1.91. The van der Waals surface area contributed by atoms with Gasteiger partial charge in [-0.25, -0.2) is 4.98 Å². The highest BCUT2D eigenvalue weighted by Gasteiger charge is 2.01. The molecule has 0 atom stereocenters. The fraction of sp³-hybridized carbons (Fsp3) is 0.111. The van der Waals surface area contributed by atoms with E-state index in [1.165, 1.54) is 6.20 Å². The van der Waals surface area contributed by atoms with Crippen molar-refractivity contribution < 1.29 is 4.79 Å². The van der Waals surface area contributed by atoms with Gasteiger partial charge in [0.05, 0.1) is 18.0 Å². The van der Waals surface area contributed by atoms with E-state index in [4.69, 9.17) is 29.1 Å². The van der Waals surface area contributed by atoms with Gasteiger partial charge in [-0.15, -0.1) is 0 Å². The molecule has 0 aliphatic rings. The summed E-state index contributed by atoms with van der Waals surface area (Å²) in [6.07, 6.45) is 1.26. The topological polar surface area (TPSA) is 89.8 Å². The van der Waals surface area contributed by atoms with E-state index in [0.717, 1.165) is 0 Å². The number of carbonyl (C=O) groups excluding carboxylic acids is 1. The number of anilines is 1. The van der Waals surface area contributed by atoms with Crippen molar-refractivity contribution in [3.8, 4) is 6.07 Å². The predicted molar refractivity (Wildman–Crippen MR) is 67.0 cm³/mol. The number of halogens is 1.